The quantitative estimate of drug-likeness (QED) is 0.906. The molecule has 0 unspecified atom stereocenters. The third-order valence-corrected chi connectivity index (χ3v) is 4.21. The molecule has 1 aliphatic rings. The SMILES string of the molecule is CCOc1ccccc1C(=O)Nc1ccc(C(=O)N2CCCC2)cc1. The maximum atomic E-state index is 12.5. The topological polar surface area (TPSA) is 58.6 Å². The molecule has 0 radical (unpaired) electrons. The first kappa shape index (κ1) is 17.0. The van der Waals surface area contributed by atoms with Crippen molar-refractivity contribution in [2.24, 2.45) is 0 Å². The van der Waals surface area contributed by atoms with Crippen LogP contribution in [0.25, 0.3) is 0 Å². The minimum absolute atomic E-state index is 0.0528. The molecule has 5 nitrogen and oxygen atoms in total. The van der Waals surface area contributed by atoms with Crippen molar-refractivity contribution < 1.29 is 14.3 Å². The van der Waals surface area contributed by atoms with Crippen molar-refractivity contribution in [1.29, 1.82) is 0 Å². The zero-order chi connectivity index (χ0) is 17.6. The minimum Gasteiger partial charge on any atom is -0.493 e. The van der Waals surface area contributed by atoms with Crippen LogP contribution in [-0.2, 0) is 0 Å². The molecule has 0 aliphatic carbocycles. The van der Waals surface area contributed by atoms with Gasteiger partial charge in [0.05, 0.1) is 12.2 Å². The first-order valence-electron chi connectivity index (χ1n) is 8.61. The summed E-state index contributed by atoms with van der Waals surface area (Å²) in [5.41, 5.74) is 1.78. The van der Waals surface area contributed by atoms with E-state index in [4.69, 9.17) is 4.74 Å². The van der Waals surface area contributed by atoms with Crippen molar-refractivity contribution in [3.05, 3.63) is 59.7 Å². The van der Waals surface area contributed by atoms with Crippen LogP contribution in [0.4, 0.5) is 5.69 Å². The lowest BCUT2D eigenvalue weighted by Crippen LogP contribution is -2.27. The van der Waals surface area contributed by atoms with E-state index in [1.165, 1.54) is 0 Å². The molecule has 130 valence electrons. The highest BCUT2D eigenvalue weighted by molar-refractivity contribution is 6.06. The van der Waals surface area contributed by atoms with Gasteiger partial charge in [-0.25, -0.2) is 0 Å². The van der Waals surface area contributed by atoms with Gasteiger partial charge in [0, 0.05) is 24.3 Å². The van der Waals surface area contributed by atoms with E-state index in [9.17, 15) is 9.59 Å². The number of hydrogen-bond donors (Lipinski definition) is 1. The molecule has 2 aromatic rings. The van der Waals surface area contributed by atoms with E-state index in [-0.39, 0.29) is 11.8 Å². The van der Waals surface area contributed by atoms with Crippen molar-refractivity contribution >= 4 is 17.5 Å². The number of rotatable bonds is 5. The molecule has 1 fully saturated rings. The summed E-state index contributed by atoms with van der Waals surface area (Å²) in [4.78, 5) is 26.7. The average molecular weight is 338 g/mol. The van der Waals surface area contributed by atoms with Crippen molar-refractivity contribution in [2.45, 2.75) is 19.8 Å². The number of carbonyl (C=O) groups excluding carboxylic acids is 2. The summed E-state index contributed by atoms with van der Waals surface area (Å²) < 4.78 is 5.49. The van der Waals surface area contributed by atoms with E-state index in [2.05, 4.69) is 5.32 Å². The number of nitrogens with one attached hydrogen (secondary N) is 1. The molecule has 25 heavy (non-hydrogen) atoms. The summed E-state index contributed by atoms with van der Waals surface area (Å²) in [7, 11) is 0. The van der Waals surface area contributed by atoms with Gasteiger partial charge in [0.2, 0.25) is 0 Å². The van der Waals surface area contributed by atoms with Gasteiger partial charge in [0.1, 0.15) is 5.75 Å². The zero-order valence-electron chi connectivity index (χ0n) is 14.3. The molecule has 2 aromatic carbocycles. The van der Waals surface area contributed by atoms with Gasteiger partial charge in [-0.3, -0.25) is 9.59 Å². The maximum Gasteiger partial charge on any atom is 0.259 e. The highest BCUT2D eigenvalue weighted by Gasteiger charge is 2.19. The number of likely N-dealkylation sites (tertiary alicyclic amines) is 1. The van der Waals surface area contributed by atoms with Crippen molar-refractivity contribution in [2.75, 3.05) is 25.0 Å². The number of benzene rings is 2. The smallest absolute Gasteiger partial charge is 0.259 e. The van der Waals surface area contributed by atoms with Crippen LogP contribution in [0.5, 0.6) is 5.75 Å². The van der Waals surface area contributed by atoms with Crippen LogP contribution >= 0.6 is 0 Å². The normalized spacial score (nSPS) is 13.6. The summed E-state index contributed by atoms with van der Waals surface area (Å²) in [5.74, 6) is 0.378. The average Bonchev–Trinajstić information content (AvgIpc) is 3.17. The molecule has 0 saturated carbocycles. The lowest BCUT2D eigenvalue weighted by molar-refractivity contribution is 0.0792. The van der Waals surface area contributed by atoms with Gasteiger partial charge in [0.15, 0.2) is 0 Å². The Bertz CT molecular complexity index is 750. The van der Waals surface area contributed by atoms with Crippen LogP contribution in [0.1, 0.15) is 40.5 Å². The Morgan fingerprint density at radius 2 is 1.72 bits per heavy atom. The van der Waals surface area contributed by atoms with Gasteiger partial charge in [0.25, 0.3) is 11.8 Å². The minimum atomic E-state index is -0.234. The van der Waals surface area contributed by atoms with E-state index >= 15 is 0 Å². The van der Waals surface area contributed by atoms with Gasteiger partial charge >= 0.3 is 0 Å². The largest absolute Gasteiger partial charge is 0.493 e. The second-order valence-electron chi connectivity index (χ2n) is 5.96. The number of hydrogen-bond acceptors (Lipinski definition) is 3. The van der Waals surface area contributed by atoms with Gasteiger partial charge in [-0.2, -0.15) is 0 Å². The third kappa shape index (κ3) is 3.99. The first-order valence-corrected chi connectivity index (χ1v) is 8.61. The molecule has 1 N–H and O–H groups in total. The Labute approximate surface area is 147 Å². The van der Waals surface area contributed by atoms with Crippen LogP contribution in [-0.4, -0.2) is 36.4 Å². The van der Waals surface area contributed by atoms with Crippen molar-refractivity contribution in [3.63, 3.8) is 0 Å². The number of amides is 2. The Morgan fingerprint density at radius 1 is 1.04 bits per heavy atom. The number of anilines is 1. The Balaban J connectivity index is 1.69. The Hall–Kier alpha value is -2.82. The molecule has 1 heterocycles. The van der Waals surface area contributed by atoms with Gasteiger partial charge < -0.3 is 15.0 Å². The third-order valence-electron chi connectivity index (χ3n) is 4.21. The standard InChI is InChI=1S/C20H22N2O3/c1-2-25-18-8-4-3-7-17(18)19(23)21-16-11-9-15(10-12-16)20(24)22-13-5-6-14-22/h3-4,7-12H,2,5-6,13-14H2,1H3,(H,21,23). The molecule has 0 bridgehead atoms. The highest BCUT2D eigenvalue weighted by Crippen LogP contribution is 2.20. The Kier molecular flexibility index (Phi) is 5.33. The maximum absolute atomic E-state index is 12.5. The van der Waals surface area contributed by atoms with Crippen LogP contribution in [0, 0.1) is 0 Å². The van der Waals surface area contributed by atoms with Crippen molar-refractivity contribution in [1.82, 2.24) is 4.90 Å². The monoisotopic (exact) mass is 338 g/mol. The molecule has 3 rings (SSSR count). The van der Waals surface area contributed by atoms with Gasteiger partial charge in [-0.05, 0) is 56.2 Å². The van der Waals surface area contributed by atoms with Crippen molar-refractivity contribution in [3.8, 4) is 5.75 Å². The predicted molar refractivity (Wildman–Crippen MR) is 97.1 cm³/mol. The second-order valence-corrected chi connectivity index (χ2v) is 5.96. The lowest BCUT2D eigenvalue weighted by Gasteiger charge is -2.15. The van der Waals surface area contributed by atoms with Crippen LogP contribution in [0.15, 0.2) is 48.5 Å². The summed E-state index contributed by atoms with van der Waals surface area (Å²) in [6.45, 7) is 4.03. The molecule has 0 atom stereocenters. The first-order chi connectivity index (χ1) is 12.2. The molecule has 1 saturated heterocycles. The fourth-order valence-electron chi connectivity index (χ4n) is 2.93. The summed E-state index contributed by atoms with van der Waals surface area (Å²) in [5, 5.41) is 2.85. The Morgan fingerprint density at radius 3 is 2.40 bits per heavy atom. The van der Waals surface area contributed by atoms with Crippen LogP contribution in [0.2, 0.25) is 0 Å². The second kappa shape index (κ2) is 7.83. The number of ether oxygens (including phenoxy) is 1. The highest BCUT2D eigenvalue weighted by atomic mass is 16.5. The molecule has 5 heteroatoms. The molecule has 2 amide bonds. The lowest BCUT2D eigenvalue weighted by atomic mass is 10.1. The van der Waals surface area contributed by atoms with Crippen LogP contribution < -0.4 is 10.1 Å². The fraction of sp³-hybridized carbons (Fsp3) is 0.300. The van der Waals surface area contributed by atoms with E-state index < -0.39 is 0 Å². The number of nitrogens with zero attached hydrogens (tertiary/aromatic N) is 1. The number of para-hydroxylation sites is 1. The van der Waals surface area contributed by atoms with E-state index in [0.717, 1.165) is 25.9 Å². The van der Waals surface area contributed by atoms with E-state index in [1.54, 1.807) is 42.5 Å². The van der Waals surface area contributed by atoms with E-state index in [0.29, 0.717) is 29.2 Å². The summed E-state index contributed by atoms with van der Waals surface area (Å²) in [6.07, 6.45) is 2.14. The number of carbonyl (C=O) groups is 2. The molecule has 1 aliphatic heterocycles. The molecule has 0 spiro atoms. The predicted octanol–water partition coefficient (Wildman–Crippen LogP) is 3.57. The van der Waals surface area contributed by atoms with Gasteiger partial charge in [-0.1, -0.05) is 12.1 Å². The molecular formula is C20H22N2O3. The molecule has 0 aromatic heterocycles. The molecular weight excluding hydrogens is 316 g/mol. The van der Waals surface area contributed by atoms with Gasteiger partial charge in [-0.15, -0.1) is 0 Å². The summed E-state index contributed by atoms with van der Waals surface area (Å²) >= 11 is 0. The van der Waals surface area contributed by atoms with Crippen LogP contribution in [0.3, 0.4) is 0 Å². The zero-order valence-corrected chi connectivity index (χ0v) is 14.3. The fourth-order valence-corrected chi connectivity index (χ4v) is 2.93. The van der Waals surface area contributed by atoms with E-state index in [1.807, 2.05) is 17.9 Å². The summed E-state index contributed by atoms with van der Waals surface area (Å²) in [6, 6.07) is 14.2.